The molecule has 1 unspecified atom stereocenters. The summed E-state index contributed by atoms with van der Waals surface area (Å²) in [5.41, 5.74) is 1.28. The summed E-state index contributed by atoms with van der Waals surface area (Å²) < 4.78 is 1.46. The largest absolute Gasteiger partial charge is 0.313 e. The van der Waals surface area contributed by atoms with Gasteiger partial charge in [0.05, 0.1) is 0 Å². The maximum absolute atomic E-state index is 13.2. The van der Waals surface area contributed by atoms with Gasteiger partial charge in [-0.1, -0.05) is 40.9 Å². The van der Waals surface area contributed by atoms with Crippen LogP contribution in [0.4, 0.5) is 5.69 Å². The summed E-state index contributed by atoms with van der Waals surface area (Å²) in [6, 6.07) is 11.2. The molecule has 128 valence electrons. The van der Waals surface area contributed by atoms with Gasteiger partial charge >= 0.3 is 0 Å². The summed E-state index contributed by atoms with van der Waals surface area (Å²) in [7, 11) is 1.68. The zero-order valence-corrected chi connectivity index (χ0v) is 15.4. The van der Waals surface area contributed by atoms with E-state index in [0.717, 1.165) is 0 Å². The lowest BCUT2D eigenvalue weighted by Gasteiger charge is -2.25. The predicted octanol–water partition coefficient (Wildman–Crippen LogP) is 4.49. The fourth-order valence-electron chi connectivity index (χ4n) is 2.44. The lowest BCUT2D eigenvalue weighted by atomic mass is 10.1. The van der Waals surface area contributed by atoms with Gasteiger partial charge in [0.2, 0.25) is 0 Å². The third kappa shape index (κ3) is 3.79. The normalized spacial score (nSPS) is 12.0. The molecule has 8 heteroatoms. The number of hydrogen-bond donors (Lipinski definition) is 0. The predicted molar refractivity (Wildman–Crippen MR) is 99.5 cm³/mol. The van der Waals surface area contributed by atoms with Crippen molar-refractivity contribution in [3.63, 3.8) is 0 Å². The molecular weight excluding hydrogens is 383 g/mol. The molecule has 25 heavy (non-hydrogen) atoms. The summed E-state index contributed by atoms with van der Waals surface area (Å²) >= 11 is 18.2. The van der Waals surface area contributed by atoms with E-state index in [2.05, 4.69) is 10.1 Å². The summed E-state index contributed by atoms with van der Waals surface area (Å²) in [6.45, 7) is 0. The molecule has 1 amide bonds. The molecule has 0 aliphatic carbocycles. The van der Waals surface area contributed by atoms with Gasteiger partial charge in [-0.15, -0.1) is 0 Å². The number of rotatable bonds is 4. The molecule has 2 aromatic carbocycles. The quantitative estimate of drug-likeness (QED) is 0.654. The van der Waals surface area contributed by atoms with Gasteiger partial charge < -0.3 is 4.90 Å². The molecule has 0 saturated heterocycles. The molecule has 0 fully saturated rings. The minimum atomic E-state index is -0.770. The number of amides is 1. The van der Waals surface area contributed by atoms with Crippen LogP contribution in [0.25, 0.3) is 0 Å². The van der Waals surface area contributed by atoms with Gasteiger partial charge in [0, 0.05) is 33.4 Å². The Labute approximate surface area is 159 Å². The molecule has 0 radical (unpaired) electrons. The van der Waals surface area contributed by atoms with Gasteiger partial charge in [-0.3, -0.25) is 4.79 Å². The van der Waals surface area contributed by atoms with E-state index in [1.54, 1.807) is 49.5 Å². The number of nitrogens with zero attached hydrogens (tertiary/aromatic N) is 4. The minimum Gasteiger partial charge on any atom is -0.313 e. The Morgan fingerprint density at radius 1 is 1.08 bits per heavy atom. The lowest BCUT2D eigenvalue weighted by Crippen LogP contribution is -2.35. The van der Waals surface area contributed by atoms with Crippen LogP contribution >= 0.6 is 34.8 Å². The highest BCUT2D eigenvalue weighted by molar-refractivity contribution is 6.35. The summed E-state index contributed by atoms with van der Waals surface area (Å²) in [6.07, 6.45) is 2.84. The third-order valence-electron chi connectivity index (χ3n) is 3.74. The second kappa shape index (κ2) is 7.44. The summed E-state index contributed by atoms with van der Waals surface area (Å²) in [5, 5.41) is 5.58. The lowest BCUT2D eigenvalue weighted by molar-refractivity contribution is -0.120. The molecule has 0 bridgehead atoms. The van der Waals surface area contributed by atoms with Crippen molar-refractivity contribution >= 4 is 46.4 Å². The van der Waals surface area contributed by atoms with Crippen LogP contribution in [0.3, 0.4) is 0 Å². The highest BCUT2D eigenvalue weighted by atomic mass is 35.5. The van der Waals surface area contributed by atoms with Crippen molar-refractivity contribution in [3.8, 4) is 0 Å². The van der Waals surface area contributed by atoms with E-state index in [0.29, 0.717) is 26.3 Å². The zero-order chi connectivity index (χ0) is 18.0. The first kappa shape index (κ1) is 17.7. The highest BCUT2D eigenvalue weighted by Gasteiger charge is 2.29. The Morgan fingerprint density at radius 2 is 1.76 bits per heavy atom. The van der Waals surface area contributed by atoms with Gasteiger partial charge in [0.15, 0.2) is 6.04 Å². The first-order chi connectivity index (χ1) is 12.0. The molecule has 5 nitrogen and oxygen atoms in total. The number of carbonyl (C=O) groups excluding carboxylic acids is 1. The number of likely N-dealkylation sites (N-methyl/N-ethyl adjacent to an activating group) is 1. The number of hydrogen-bond acceptors (Lipinski definition) is 3. The third-order valence-corrected chi connectivity index (χ3v) is 4.55. The minimum absolute atomic E-state index is 0.225. The number of aromatic nitrogens is 3. The number of carbonyl (C=O) groups is 1. The van der Waals surface area contributed by atoms with Crippen LogP contribution < -0.4 is 4.90 Å². The summed E-state index contributed by atoms with van der Waals surface area (Å²) in [5.74, 6) is -0.225. The van der Waals surface area contributed by atoms with Crippen molar-refractivity contribution in [2.75, 3.05) is 11.9 Å². The van der Waals surface area contributed by atoms with Gasteiger partial charge in [0.1, 0.15) is 12.7 Å². The van der Waals surface area contributed by atoms with Crippen LogP contribution in [0.5, 0.6) is 0 Å². The molecule has 0 aliphatic rings. The van der Waals surface area contributed by atoms with Gasteiger partial charge in [0.25, 0.3) is 5.91 Å². The van der Waals surface area contributed by atoms with Crippen LogP contribution in [0.2, 0.25) is 15.1 Å². The van der Waals surface area contributed by atoms with Gasteiger partial charge in [-0.25, -0.2) is 9.67 Å². The average Bonchev–Trinajstić information content (AvgIpc) is 3.11. The molecule has 0 saturated carbocycles. The van der Waals surface area contributed by atoms with E-state index in [9.17, 15) is 4.79 Å². The Balaban J connectivity index is 2.02. The van der Waals surface area contributed by atoms with E-state index in [4.69, 9.17) is 34.8 Å². The molecule has 3 aromatic rings. The molecular formula is C17H13Cl3N4O. The average molecular weight is 396 g/mol. The fourth-order valence-corrected chi connectivity index (χ4v) is 3.08. The van der Waals surface area contributed by atoms with Crippen molar-refractivity contribution in [1.29, 1.82) is 0 Å². The maximum Gasteiger partial charge on any atom is 0.256 e. The van der Waals surface area contributed by atoms with Crippen LogP contribution in [0, 0.1) is 0 Å². The first-order valence-electron chi connectivity index (χ1n) is 7.29. The van der Waals surface area contributed by atoms with Crippen LogP contribution in [0.15, 0.2) is 55.1 Å². The second-order valence-electron chi connectivity index (χ2n) is 5.32. The van der Waals surface area contributed by atoms with E-state index in [-0.39, 0.29) is 5.91 Å². The Bertz CT molecular complexity index is 881. The number of benzene rings is 2. The number of anilines is 1. The molecule has 1 atom stereocenters. The smallest absolute Gasteiger partial charge is 0.256 e. The molecule has 1 heterocycles. The van der Waals surface area contributed by atoms with Crippen molar-refractivity contribution in [1.82, 2.24) is 14.8 Å². The number of halogens is 3. The Kier molecular flexibility index (Phi) is 5.27. The second-order valence-corrected chi connectivity index (χ2v) is 6.60. The monoisotopic (exact) mass is 394 g/mol. The van der Waals surface area contributed by atoms with Crippen LogP contribution in [0.1, 0.15) is 11.6 Å². The van der Waals surface area contributed by atoms with Crippen molar-refractivity contribution in [2.45, 2.75) is 6.04 Å². The Morgan fingerprint density at radius 3 is 2.36 bits per heavy atom. The van der Waals surface area contributed by atoms with Gasteiger partial charge in [-0.2, -0.15) is 5.10 Å². The molecule has 3 rings (SSSR count). The zero-order valence-electron chi connectivity index (χ0n) is 13.1. The van der Waals surface area contributed by atoms with Crippen molar-refractivity contribution < 1.29 is 4.79 Å². The van der Waals surface area contributed by atoms with Gasteiger partial charge in [-0.05, 0) is 36.4 Å². The van der Waals surface area contributed by atoms with E-state index >= 15 is 0 Å². The molecule has 1 aromatic heterocycles. The van der Waals surface area contributed by atoms with Crippen molar-refractivity contribution in [2.24, 2.45) is 0 Å². The van der Waals surface area contributed by atoms with Crippen LogP contribution in [-0.2, 0) is 4.79 Å². The molecule has 0 N–H and O–H groups in total. The highest BCUT2D eigenvalue weighted by Crippen LogP contribution is 2.30. The molecule has 0 spiro atoms. The van der Waals surface area contributed by atoms with Crippen LogP contribution in [-0.4, -0.2) is 27.7 Å². The Hall–Kier alpha value is -2.08. The van der Waals surface area contributed by atoms with E-state index in [1.807, 2.05) is 0 Å². The first-order valence-corrected chi connectivity index (χ1v) is 8.43. The standard InChI is InChI=1S/C17H13Cl3N4O/c1-23(13-5-2-11(18)3-6-13)17(25)16(24-10-21-9-22-24)14-7-4-12(19)8-15(14)20/h2-10,16H,1H3. The fraction of sp³-hybridized carbons (Fsp3) is 0.118. The van der Waals surface area contributed by atoms with E-state index in [1.165, 1.54) is 22.2 Å². The maximum atomic E-state index is 13.2. The molecule has 0 aliphatic heterocycles. The SMILES string of the molecule is CN(C(=O)C(c1ccc(Cl)cc1Cl)n1cncn1)c1ccc(Cl)cc1. The summed E-state index contributed by atoms with van der Waals surface area (Å²) in [4.78, 5) is 18.6. The topological polar surface area (TPSA) is 51.0 Å². The van der Waals surface area contributed by atoms with E-state index < -0.39 is 6.04 Å². The van der Waals surface area contributed by atoms with Crippen molar-refractivity contribution in [3.05, 3.63) is 75.8 Å².